The van der Waals surface area contributed by atoms with E-state index in [0.29, 0.717) is 0 Å². The van der Waals surface area contributed by atoms with Gasteiger partial charge in [-0.25, -0.2) is 4.98 Å². The molecule has 0 spiro atoms. The quantitative estimate of drug-likeness (QED) is 0.491. The minimum Gasteiger partial charge on any atom is -0.358 e. The van der Waals surface area contributed by atoms with E-state index < -0.39 is 4.92 Å². The normalized spacial score (nSPS) is 9.82. The lowest BCUT2D eigenvalue weighted by atomic mass is 10.3. The first-order valence-corrected chi connectivity index (χ1v) is 5.06. The van der Waals surface area contributed by atoms with Crippen LogP contribution in [0.2, 0.25) is 5.15 Å². The molecular weight excluding hydrogens is 248 g/mol. The van der Waals surface area contributed by atoms with Crippen molar-refractivity contribution in [2.45, 2.75) is 0 Å². The van der Waals surface area contributed by atoms with Crippen LogP contribution in [0.4, 0.5) is 11.5 Å². The van der Waals surface area contributed by atoms with Crippen LogP contribution in [0.5, 0.6) is 0 Å². The number of rotatable bonds is 4. The Hall–Kier alpha value is -1.89. The molecule has 0 radical (unpaired) electrons. The molecule has 1 amide bonds. The highest BCUT2D eigenvalue weighted by molar-refractivity contribution is 6.29. The number of hydrogen-bond acceptors (Lipinski definition) is 5. The SMILES string of the molecule is CNC(=O)CN(C)c1nc(Cl)ccc1[N+](=O)[O-]. The van der Waals surface area contributed by atoms with Crippen molar-refractivity contribution in [2.75, 3.05) is 25.5 Å². The molecule has 8 heteroatoms. The van der Waals surface area contributed by atoms with Gasteiger partial charge in [0.05, 0.1) is 11.5 Å². The summed E-state index contributed by atoms with van der Waals surface area (Å²) in [6, 6.07) is 2.59. The highest BCUT2D eigenvalue weighted by Gasteiger charge is 2.20. The average Bonchev–Trinajstić information content (AvgIpc) is 2.28. The molecule has 0 aliphatic carbocycles. The standard InChI is InChI=1S/C9H11ClN4O3/c1-11-8(15)5-13(2)9-6(14(16)17)3-4-7(10)12-9/h3-4H,5H2,1-2H3,(H,11,15). The lowest BCUT2D eigenvalue weighted by Gasteiger charge is -2.16. The molecule has 0 aromatic carbocycles. The molecule has 1 aromatic heterocycles. The number of amides is 1. The lowest BCUT2D eigenvalue weighted by molar-refractivity contribution is -0.384. The van der Waals surface area contributed by atoms with Crippen LogP contribution in [-0.2, 0) is 4.79 Å². The van der Waals surface area contributed by atoms with E-state index in [0.717, 1.165) is 0 Å². The van der Waals surface area contributed by atoms with Crippen molar-refractivity contribution in [2.24, 2.45) is 0 Å². The number of carbonyl (C=O) groups excluding carboxylic acids is 1. The minimum atomic E-state index is -0.570. The Balaban J connectivity index is 3.06. The van der Waals surface area contributed by atoms with Gasteiger partial charge in [0, 0.05) is 20.2 Å². The van der Waals surface area contributed by atoms with Gasteiger partial charge in [0.15, 0.2) is 0 Å². The third kappa shape index (κ3) is 3.28. The average molecular weight is 259 g/mol. The van der Waals surface area contributed by atoms with Gasteiger partial charge >= 0.3 is 5.69 Å². The molecule has 0 atom stereocenters. The van der Waals surface area contributed by atoms with Crippen LogP contribution in [0.25, 0.3) is 0 Å². The predicted octanol–water partition coefficient (Wildman–Crippen LogP) is 0.825. The summed E-state index contributed by atoms with van der Waals surface area (Å²) in [6.45, 7) is -0.0370. The number of likely N-dealkylation sites (N-methyl/N-ethyl adjacent to an activating group) is 2. The molecule has 1 N–H and O–H groups in total. The Labute approximate surface area is 103 Å². The third-order valence-corrected chi connectivity index (χ3v) is 2.25. The molecule has 17 heavy (non-hydrogen) atoms. The Kier molecular flexibility index (Phi) is 4.22. The summed E-state index contributed by atoms with van der Waals surface area (Å²) in [7, 11) is 3.01. The zero-order chi connectivity index (χ0) is 13.0. The van der Waals surface area contributed by atoms with Crippen LogP contribution in [0.3, 0.4) is 0 Å². The number of nitrogens with one attached hydrogen (secondary N) is 1. The molecule has 0 unspecified atom stereocenters. The summed E-state index contributed by atoms with van der Waals surface area (Å²) in [5.74, 6) is -0.213. The monoisotopic (exact) mass is 258 g/mol. The van der Waals surface area contributed by atoms with E-state index in [1.54, 1.807) is 0 Å². The van der Waals surface area contributed by atoms with E-state index in [9.17, 15) is 14.9 Å². The van der Waals surface area contributed by atoms with E-state index in [1.807, 2.05) is 0 Å². The Morgan fingerprint density at radius 1 is 1.65 bits per heavy atom. The number of aromatic nitrogens is 1. The van der Waals surface area contributed by atoms with Crippen LogP contribution in [-0.4, -0.2) is 36.5 Å². The number of carbonyl (C=O) groups is 1. The smallest absolute Gasteiger partial charge is 0.311 e. The molecule has 0 saturated carbocycles. The van der Waals surface area contributed by atoms with E-state index in [-0.39, 0.29) is 29.1 Å². The summed E-state index contributed by atoms with van der Waals surface area (Å²) in [4.78, 5) is 26.6. The van der Waals surface area contributed by atoms with E-state index >= 15 is 0 Å². The molecule has 0 saturated heterocycles. The first-order valence-electron chi connectivity index (χ1n) is 4.68. The predicted molar refractivity (Wildman–Crippen MR) is 63.2 cm³/mol. The summed E-state index contributed by atoms with van der Waals surface area (Å²) in [6.07, 6.45) is 0. The number of anilines is 1. The van der Waals surface area contributed by atoms with Crippen molar-refractivity contribution in [1.82, 2.24) is 10.3 Å². The Bertz CT molecular complexity index is 452. The van der Waals surface area contributed by atoms with Crippen molar-refractivity contribution < 1.29 is 9.72 Å². The topological polar surface area (TPSA) is 88.4 Å². The van der Waals surface area contributed by atoms with E-state index in [4.69, 9.17) is 11.6 Å². The van der Waals surface area contributed by atoms with Crippen molar-refractivity contribution in [3.8, 4) is 0 Å². The van der Waals surface area contributed by atoms with Gasteiger partial charge < -0.3 is 10.2 Å². The second kappa shape index (κ2) is 5.44. The maximum atomic E-state index is 11.2. The Morgan fingerprint density at radius 3 is 2.82 bits per heavy atom. The van der Waals surface area contributed by atoms with Gasteiger partial charge in [-0.15, -0.1) is 0 Å². The number of nitrogens with zero attached hydrogens (tertiary/aromatic N) is 3. The fourth-order valence-electron chi connectivity index (χ4n) is 1.21. The second-order valence-electron chi connectivity index (χ2n) is 3.26. The third-order valence-electron chi connectivity index (χ3n) is 2.04. The first kappa shape index (κ1) is 13.2. The van der Waals surface area contributed by atoms with Crippen molar-refractivity contribution in [3.63, 3.8) is 0 Å². The molecule has 1 aromatic rings. The van der Waals surface area contributed by atoms with Gasteiger partial charge in [-0.1, -0.05) is 11.6 Å². The molecule has 7 nitrogen and oxygen atoms in total. The van der Waals surface area contributed by atoms with E-state index in [2.05, 4.69) is 10.3 Å². The first-order chi connectivity index (χ1) is 7.95. The summed E-state index contributed by atoms with van der Waals surface area (Å²) in [5.41, 5.74) is -0.194. The van der Waals surface area contributed by atoms with Gasteiger partial charge in [-0.3, -0.25) is 14.9 Å². The van der Waals surface area contributed by atoms with Gasteiger partial charge in [-0.2, -0.15) is 0 Å². The van der Waals surface area contributed by atoms with Crippen LogP contribution in [0.1, 0.15) is 0 Å². The fourth-order valence-corrected chi connectivity index (χ4v) is 1.35. The highest BCUT2D eigenvalue weighted by atomic mass is 35.5. The number of halogens is 1. The largest absolute Gasteiger partial charge is 0.358 e. The molecule has 1 heterocycles. The van der Waals surface area contributed by atoms with Gasteiger partial charge in [-0.05, 0) is 6.07 Å². The van der Waals surface area contributed by atoms with Crippen LogP contribution >= 0.6 is 11.6 Å². The van der Waals surface area contributed by atoms with Crippen LogP contribution in [0.15, 0.2) is 12.1 Å². The van der Waals surface area contributed by atoms with Gasteiger partial charge in [0.2, 0.25) is 11.7 Å². The van der Waals surface area contributed by atoms with Crippen molar-refractivity contribution in [1.29, 1.82) is 0 Å². The molecule has 0 aliphatic heterocycles. The zero-order valence-corrected chi connectivity index (χ0v) is 10.1. The van der Waals surface area contributed by atoms with Crippen LogP contribution < -0.4 is 10.2 Å². The second-order valence-corrected chi connectivity index (χ2v) is 3.65. The molecule has 0 aliphatic rings. The fraction of sp³-hybridized carbons (Fsp3) is 0.333. The molecular formula is C9H11ClN4O3. The highest BCUT2D eigenvalue weighted by Crippen LogP contribution is 2.26. The van der Waals surface area contributed by atoms with Crippen molar-refractivity contribution in [3.05, 3.63) is 27.4 Å². The van der Waals surface area contributed by atoms with Gasteiger partial charge in [0.1, 0.15) is 5.15 Å². The maximum Gasteiger partial charge on any atom is 0.311 e. The number of nitro groups is 1. The van der Waals surface area contributed by atoms with Crippen molar-refractivity contribution >= 4 is 29.0 Å². The molecule has 1 rings (SSSR count). The molecule has 0 fully saturated rings. The number of pyridine rings is 1. The molecule has 0 bridgehead atoms. The Morgan fingerprint density at radius 2 is 2.29 bits per heavy atom. The minimum absolute atomic E-state index is 0.0370. The van der Waals surface area contributed by atoms with Crippen LogP contribution in [0, 0.1) is 10.1 Å². The maximum absolute atomic E-state index is 11.2. The summed E-state index contributed by atoms with van der Waals surface area (Å²) < 4.78 is 0. The zero-order valence-electron chi connectivity index (χ0n) is 9.31. The summed E-state index contributed by atoms with van der Waals surface area (Å²) in [5, 5.41) is 13.3. The number of hydrogen-bond donors (Lipinski definition) is 1. The molecule has 92 valence electrons. The summed E-state index contributed by atoms with van der Waals surface area (Å²) >= 11 is 5.68. The van der Waals surface area contributed by atoms with E-state index in [1.165, 1.54) is 31.1 Å². The van der Waals surface area contributed by atoms with Gasteiger partial charge in [0.25, 0.3) is 0 Å². The lowest BCUT2D eigenvalue weighted by Crippen LogP contribution is -2.33.